The maximum absolute atomic E-state index is 11.3. The molecule has 1 amide bonds. The smallest absolute Gasteiger partial charge is 0.223 e. The Bertz CT molecular complexity index is 332. The molecule has 0 atom stereocenters. The summed E-state index contributed by atoms with van der Waals surface area (Å²) in [5.41, 5.74) is 1.20. The summed E-state index contributed by atoms with van der Waals surface area (Å²) in [7, 11) is 5.49. The van der Waals surface area contributed by atoms with Gasteiger partial charge in [0, 0.05) is 59.0 Å². The number of nitrogens with one attached hydrogen (secondary N) is 1. The lowest BCUT2D eigenvalue weighted by Gasteiger charge is -2.10. The van der Waals surface area contributed by atoms with Crippen molar-refractivity contribution in [2.45, 2.75) is 12.8 Å². The summed E-state index contributed by atoms with van der Waals surface area (Å²) in [5, 5.41) is 7.34. The Labute approximate surface area is 96.4 Å². The molecule has 1 N–H and O–H groups in total. The van der Waals surface area contributed by atoms with Gasteiger partial charge in [0.25, 0.3) is 0 Å². The molecule has 0 aliphatic carbocycles. The van der Waals surface area contributed by atoms with E-state index < -0.39 is 0 Å². The van der Waals surface area contributed by atoms with Crippen LogP contribution in [0.15, 0.2) is 12.3 Å². The van der Waals surface area contributed by atoms with Crippen molar-refractivity contribution < 1.29 is 4.79 Å². The van der Waals surface area contributed by atoms with E-state index in [0.717, 1.165) is 19.5 Å². The average Bonchev–Trinajstić information content (AvgIpc) is 2.63. The predicted octanol–water partition coefficient (Wildman–Crippen LogP) is 0.0305. The largest absolute Gasteiger partial charge is 0.349 e. The number of rotatable bonds is 6. The van der Waals surface area contributed by atoms with Crippen LogP contribution in [0.25, 0.3) is 0 Å². The van der Waals surface area contributed by atoms with Crippen molar-refractivity contribution in [1.82, 2.24) is 20.0 Å². The van der Waals surface area contributed by atoms with Gasteiger partial charge in [0.05, 0.1) is 0 Å². The summed E-state index contributed by atoms with van der Waals surface area (Å²) in [5.74, 6) is 0.160. The van der Waals surface area contributed by atoms with E-state index >= 15 is 0 Å². The molecule has 0 radical (unpaired) electrons. The molecule has 5 heteroatoms. The normalized spacial score (nSPS) is 10.4. The first-order valence-electron chi connectivity index (χ1n) is 5.49. The first-order chi connectivity index (χ1) is 7.61. The van der Waals surface area contributed by atoms with Crippen molar-refractivity contribution >= 4 is 5.91 Å². The van der Waals surface area contributed by atoms with Crippen molar-refractivity contribution in [1.29, 1.82) is 0 Å². The van der Waals surface area contributed by atoms with Gasteiger partial charge >= 0.3 is 0 Å². The van der Waals surface area contributed by atoms with Gasteiger partial charge < -0.3 is 10.2 Å². The van der Waals surface area contributed by atoms with Gasteiger partial charge in [-0.25, -0.2) is 0 Å². The maximum atomic E-state index is 11.3. The summed E-state index contributed by atoms with van der Waals surface area (Å²) in [6.07, 6.45) is 3.29. The average molecular weight is 224 g/mol. The molecule has 1 rings (SSSR count). The van der Waals surface area contributed by atoms with Crippen LogP contribution in [-0.2, 0) is 18.3 Å². The maximum Gasteiger partial charge on any atom is 0.223 e. The van der Waals surface area contributed by atoms with Crippen LogP contribution in [0, 0.1) is 0 Å². The highest BCUT2D eigenvalue weighted by atomic mass is 16.2. The molecule has 1 aromatic heterocycles. The molecular formula is C11H20N4O. The minimum absolute atomic E-state index is 0.160. The lowest BCUT2D eigenvalue weighted by Crippen LogP contribution is -2.27. The number of amides is 1. The van der Waals surface area contributed by atoms with E-state index in [1.807, 2.05) is 17.8 Å². The Hall–Kier alpha value is -1.36. The van der Waals surface area contributed by atoms with Gasteiger partial charge in [0.1, 0.15) is 0 Å². The molecule has 16 heavy (non-hydrogen) atoms. The van der Waals surface area contributed by atoms with E-state index in [-0.39, 0.29) is 5.91 Å². The molecule has 0 fully saturated rings. The zero-order valence-electron chi connectivity index (χ0n) is 10.2. The van der Waals surface area contributed by atoms with Crippen LogP contribution in [-0.4, -0.2) is 47.8 Å². The Morgan fingerprint density at radius 2 is 2.25 bits per heavy atom. The van der Waals surface area contributed by atoms with E-state index in [9.17, 15) is 4.79 Å². The quantitative estimate of drug-likeness (QED) is 0.694. The number of hydrogen-bond donors (Lipinski definition) is 1. The Morgan fingerprint density at radius 1 is 1.50 bits per heavy atom. The molecular weight excluding hydrogens is 204 g/mol. The number of aryl methyl sites for hydroxylation is 1. The van der Waals surface area contributed by atoms with Crippen LogP contribution >= 0.6 is 0 Å². The third-order valence-electron chi connectivity index (χ3n) is 2.49. The van der Waals surface area contributed by atoms with E-state index in [2.05, 4.69) is 10.4 Å². The highest BCUT2D eigenvalue weighted by Crippen LogP contribution is 1.96. The van der Waals surface area contributed by atoms with Crippen LogP contribution in [0.3, 0.4) is 0 Å². The summed E-state index contributed by atoms with van der Waals surface area (Å²) in [4.78, 5) is 12.9. The molecule has 0 aliphatic heterocycles. The van der Waals surface area contributed by atoms with Crippen molar-refractivity contribution in [2.24, 2.45) is 7.05 Å². The number of aromatic nitrogens is 2. The number of hydrogen-bond acceptors (Lipinski definition) is 3. The zero-order chi connectivity index (χ0) is 12.0. The Balaban J connectivity index is 2.09. The first kappa shape index (κ1) is 12.7. The number of carbonyl (C=O) groups excluding carboxylic acids is 1. The van der Waals surface area contributed by atoms with Crippen LogP contribution in [0.5, 0.6) is 0 Å². The molecule has 5 nitrogen and oxygen atoms in total. The molecule has 1 heterocycles. The van der Waals surface area contributed by atoms with Gasteiger partial charge in [0.15, 0.2) is 0 Å². The third kappa shape index (κ3) is 4.02. The van der Waals surface area contributed by atoms with Crippen molar-refractivity contribution in [3.05, 3.63) is 18.0 Å². The Kier molecular flexibility index (Phi) is 4.98. The van der Waals surface area contributed by atoms with Gasteiger partial charge in [-0.2, -0.15) is 5.10 Å². The van der Waals surface area contributed by atoms with Crippen molar-refractivity contribution in [3.8, 4) is 0 Å². The van der Waals surface area contributed by atoms with Gasteiger partial charge in [0.2, 0.25) is 5.91 Å². The van der Waals surface area contributed by atoms with E-state index in [1.165, 1.54) is 5.69 Å². The van der Waals surface area contributed by atoms with Gasteiger partial charge in [-0.05, 0) is 6.07 Å². The van der Waals surface area contributed by atoms with Gasteiger partial charge in [-0.3, -0.25) is 9.48 Å². The standard InChI is InChI=1S/C11H20N4O/c1-14(2)11(16)6-8-12-7-4-10-5-9-13-15(10)3/h5,9,12H,4,6-8H2,1-3H3. The summed E-state index contributed by atoms with van der Waals surface area (Å²) < 4.78 is 1.87. The highest BCUT2D eigenvalue weighted by Gasteiger charge is 2.02. The lowest BCUT2D eigenvalue weighted by molar-refractivity contribution is -0.128. The fourth-order valence-corrected chi connectivity index (χ4v) is 1.41. The van der Waals surface area contributed by atoms with Crippen LogP contribution < -0.4 is 5.32 Å². The first-order valence-corrected chi connectivity index (χ1v) is 5.49. The summed E-state index contributed by atoms with van der Waals surface area (Å²) >= 11 is 0. The zero-order valence-corrected chi connectivity index (χ0v) is 10.2. The summed E-state index contributed by atoms with van der Waals surface area (Å²) in [6, 6.07) is 2.01. The Morgan fingerprint density at radius 3 is 2.81 bits per heavy atom. The highest BCUT2D eigenvalue weighted by molar-refractivity contribution is 5.75. The minimum Gasteiger partial charge on any atom is -0.349 e. The number of nitrogens with zero attached hydrogens (tertiary/aromatic N) is 3. The second-order valence-corrected chi connectivity index (χ2v) is 3.98. The monoisotopic (exact) mass is 224 g/mol. The molecule has 1 aromatic rings. The van der Waals surface area contributed by atoms with Crippen LogP contribution in [0.1, 0.15) is 12.1 Å². The van der Waals surface area contributed by atoms with Crippen molar-refractivity contribution in [2.75, 3.05) is 27.2 Å². The summed E-state index contributed by atoms with van der Waals surface area (Å²) in [6.45, 7) is 1.61. The van der Waals surface area contributed by atoms with E-state index in [4.69, 9.17) is 0 Å². The van der Waals surface area contributed by atoms with E-state index in [0.29, 0.717) is 6.42 Å². The topological polar surface area (TPSA) is 50.2 Å². The molecule has 0 aromatic carbocycles. The van der Waals surface area contributed by atoms with Crippen LogP contribution in [0.4, 0.5) is 0 Å². The molecule has 0 saturated heterocycles. The molecule has 0 saturated carbocycles. The molecule has 0 spiro atoms. The van der Waals surface area contributed by atoms with Gasteiger partial charge in [-0.1, -0.05) is 0 Å². The van der Waals surface area contributed by atoms with Gasteiger partial charge in [-0.15, -0.1) is 0 Å². The molecule has 90 valence electrons. The van der Waals surface area contributed by atoms with E-state index in [1.54, 1.807) is 25.2 Å². The second kappa shape index (κ2) is 6.27. The number of carbonyl (C=O) groups is 1. The third-order valence-corrected chi connectivity index (χ3v) is 2.49. The van der Waals surface area contributed by atoms with Crippen LogP contribution in [0.2, 0.25) is 0 Å². The minimum atomic E-state index is 0.160. The second-order valence-electron chi connectivity index (χ2n) is 3.98. The molecule has 0 unspecified atom stereocenters. The van der Waals surface area contributed by atoms with Crippen molar-refractivity contribution in [3.63, 3.8) is 0 Å². The molecule has 0 bridgehead atoms. The lowest BCUT2D eigenvalue weighted by atomic mass is 10.3. The predicted molar refractivity (Wildman–Crippen MR) is 63.1 cm³/mol. The fraction of sp³-hybridized carbons (Fsp3) is 0.636. The SMILES string of the molecule is CN(C)C(=O)CCNCCc1ccnn1C. The molecule has 0 aliphatic rings. The fourth-order valence-electron chi connectivity index (χ4n) is 1.41.